The highest BCUT2D eigenvalue weighted by atomic mass is 19.1. The van der Waals surface area contributed by atoms with E-state index in [2.05, 4.69) is 44.2 Å². The van der Waals surface area contributed by atoms with Gasteiger partial charge in [0.05, 0.1) is 0 Å². The van der Waals surface area contributed by atoms with Crippen molar-refractivity contribution in [1.29, 1.82) is 0 Å². The number of benzene rings is 2. The summed E-state index contributed by atoms with van der Waals surface area (Å²) in [6, 6.07) is 14.4. The van der Waals surface area contributed by atoms with Gasteiger partial charge in [-0.15, -0.1) is 0 Å². The summed E-state index contributed by atoms with van der Waals surface area (Å²) in [4.78, 5) is 0. The lowest BCUT2D eigenvalue weighted by Gasteiger charge is -2.29. The van der Waals surface area contributed by atoms with E-state index >= 15 is 0 Å². The van der Waals surface area contributed by atoms with Crippen molar-refractivity contribution in [2.45, 2.75) is 84.0 Å². The van der Waals surface area contributed by atoms with E-state index < -0.39 is 0 Å². The van der Waals surface area contributed by atoms with E-state index in [-0.39, 0.29) is 5.82 Å². The Balaban J connectivity index is 1.60. The fourth-order valence-electron chi connectivity index (χ4n) is 4.64. The molecule has 0 unspecified atom stereocenters. The van der Waals surface area contributed by atoms with Crippen LogP contribution in [0.5, 0.6) is 0 Å². The molecule has 2 aromatic carbocycles. The molecule has 0 radical (unpaired) electrons. The van der Waals surface area contributed by atoms with Gasteiger partial charge in [-0.3, -0.25) is 0 Å². The van der Waals surface area contributed by atoms with Crippen molar-refractivity contribution in [2.24, 2.45) is 5.92 Å². The molecular weight excluding hydrogens is 331 g/mol. The van der Waals surface area contributed by atoms with Gasteiger partial charge in [-0.1, -0.05) is 82.3 Å². The van der Waals surface area contributed by atoms with Crippen LogP contribution in [-0.4, -0.2) is 0 Å². The summed E-state index contributed by atoms with van der Waals surface area (Å²) < 4.78 is 14.5. The minimum atomic E-state index is -0.0960. The summed E-state index contributed by atoms with van der Waals surface area (Å²) in [7, 11) is 0. The van der Waals surface area contributed by atoms with Gasteiger partial charge in [0.2, 0.25) is 0 Å². The third-order valence-corrected chi connectivity index (χ3v) is 6.33. The number of hydrogen-bond acceptors (Lipinski definition) is 0. The van der Waals surface area contributed by atoms with Crippen molar-refractivity contribution in [3.8, 4) is 11.1 Å². The highest BCUT2D eigenvalue weighted by Crippen LogP contribution is 2.38. The van der Waals surface area contributed by atoms with Crippen molar-refractivity contribution in [3.63, 3.8) is 0 Å². The molecule has 3 rings (SSSR count). The summed E-state index contributed by atoms with van der Waals surface area (Å²) >= 11 is 0. The highest BCUT2D eigenvalue weighted by molar-refractivity contribution is 5.65. The zero-order valence-electron chi connectivity index (χ0n) is 17.1. The Kier molecular flexibility index (Phi) is 7.50. The Morgan fingerprint density at radius 2 is 1.59 bits per heavy atom. The van der Waals surface area contributed by atoms with Gasteiger partial charge in [0.15, 0.2) is 0 Å². The number of rotatable bonds is 8. The first kappa shape index (κ1) is 20.1. The quantitative estimate of drug-likeness (QED) is 0.412. The lowest BCUT2D eigenvalue weighted by molar-refractivity contribution is 0.303. The third-order valence-electron chi connectivity index (χ3n) is 6.33. The fraction of sp³-hybridized carbons (Fsp3) is 0.538. The van der Waals surface area contributed by atoms with E-state index in [9.17, 15) is 4.39 Å². The van der Waals surface area contributed by atoms with Crippen LogP contribution in [0.25, 0.3) is 11.1 Å². The van der Waals surface area contributed by atoms with Gasteiger partial charge in [-0.2, -0.15) is 0 Å². The highest BCUT2D eigenvalue weighted by Gasteiger charge is 2.22. The van der Waals surface area contributed by atoms with Gasteiger partial charge in [-0.25, -0.2) is 4.39 Å². The molecule has 27 heavy (non-hydrogen) atoms. The fourth-order valence-corrected chi connectivity index (χ4v) is 4.64. The van der Waals surface area contributed by atoms with Crippen molar-refractivity contribution in [2.75, 3.05) is 0 Å². The molecule has 1 heteroatoms. The van der Waals surface area contributed by atoms with Crippen molar-refractivity contribution < 1.29 is 4.39 Å². The average molecular weight is 367 g/mol. The Bertz CT molecular complexity index is 693. The Morgan fingerprint density at radius 3 is 2.22 bits per heavy atom. The van der Waals surface area contributed by atoms with Crippen LogP contribution in [0.15, 0.2) is 42.5 Å². The number of halogens is 1. The molecule has 1 fully saturated rings. The zero-order chi connectivity index (χ0) is 19.1. The largest absolute Gasteiger partial charge is 0.206 e. The molecule has 1 aliphatic rings. The van der Waals surface area contributed by atoms with Crippen LogP contribution in [0.2, 0.25) is 0 Å². The van der Waals surface area contributed by atoms with Crippen LogP contribution in [-0.2, 0) is 6.42 Å². The SMILES string of the molecule is CCCCCC1CCC(c2ccc(-c3ccc(CCC)cc3F)cc2)CC1. The molecule has 0 N–H and O–H groups in total. The van der Waals surface area contributed by atoms with Crippen molar-refractivity contribution in [3.05, 3.63) is 59.4 Å². The van der Waals surface area contributed by atoms with Gasteiger partial charge in [0, 0.05) is 5.56 Å². The minimum absolute atomic E-state index is 0.0960. The zero-order valence-corrected chi connectivity index (χ0v) is 17.1. The van der Waals surface area contributed by atoms with Crippen molar-refractivity contribution >= 4 is 0 Å². The van der Waals surface area contributed by atoms with E-state index in [0.29, 0.717) is 5.92 Å². The van der Waals surface area contributed by atoms with Crippen LogP contribution >= 0.6 is 0 Å². The molecule has 0 aliphatic heterocycles. The maximum atomic E-state index is 14.5. The number of aryl methyl sites for hydroxylation is 1. The van der Waals surface area contributed by atoms with E-state index in [4.69, 9.17) is 0 Å². The summed E-state index contributed by atoms with van der Waals surface area (Å²) in [6.07, 6.45) is 12.9. The van der Waals surface area contributed by atoms with Gasteiger partial charge in [0.25, 0.3) is 0 Å². The summed E-state index contributed by atoms with van der Waals surface area (Å²) in [6.45, 7) is 4.41. The number of unbranched alkanes of at least 4 members (excludes halogenated alkanes) is 2. The maximum Gasteiger partial charge on any atom is 0.131 e. The monoisotopic (exact) mass is 366 g/mol. The molecule has 0 spiro atoms. The molecule has 2 aromatic rings. The normalized spacial score (nSPS) is 20.0. The van der Waals surface area contributed by atoms with Crippen molar-refractivity contribution in [1.82, 2.24) is 0 Å². The summed E-state index contributed by atoms with van der Waals surface area (Å²) in [5, 5.41) is 0. The second-order valence-corrected chi connectivity index (χ2v) is 8.40. The molecule has 0 atom stereocenters. The average Bonchev–Trinajstić information content (AvgIpc) is 2.69. The Morgan fingerprint density at radius 1 is 0.852 bits per heavy atom. The first-order valence-corrected chi connectivity index (χ1v) is 11.1. The molecule has 0 bridgehead atoms. The first-order valence-electron chi connectivity index (χ1n) is 11.1. The predicted octanol–water partition coefficient (Wildman–Crippen LogP) is 8.30. The smallest absolute Gasteiger partial charge is 0.131 e. The second kappa shape index (κ2) is 10.1. The van der Waals surface area contributed by atoms with Crippen LogP contribution < -0.4 is 0 Å². The molecule has 146 valence electrons. The second-order valence-electron chi connectivity index (χ2n) is 8.40. The van der Waals surface area contributed by atoms with Crippen LogP contribution in [0.1, 0.15) is 88.7 Å². The van der Waals surface area contributed by atoms with Gasteiger partial charge >= 0.3 is 0 Å². The molecular formula is C26H35F. The minimum Gasteiger partial charge on any atom is -0.206 e. The van der Waals surface area contributed by atoms with Crippen LogP contribution in [0, 0.1) is 11.7 Å². The predicted molar refractivity (Wildman–Crippen MR) is 115 cm³/mol. The topological polar surface area (TPSA) is 0 Å². The van der Waals surface area contributed by atoms with E-state index in [1.807, 2.05) is 6.07 Å². The van der Waals surface area contributed by atoms with E-state index in [1.54, 1.807) is 6.07 Å². The summed E-state index contributed by atoms with van der Waals surface area (Å²) in [5.41, 5.74) is 4.24. The van der Waals surface area contributed by atoms with Gasteiger partial charge < -0.3 is 0 Å². The molecule has 0 nitrogen and oxygen atoms in total. The maximum absolute atomic E-state index is 14.5. The molecule has 1 saturated carbocycles. The summed E-state index contributed by atoms with van der Waals surface area (Å²) in [5.74, 6) is 1.54. The van der Waals surface area contributed by atoms with Gasteiger partial charge in [-0.05, 0) is 66.7 Å². The van der Waals surface area contributed by atoms with E-state index in [1.165, 1.54) is 56.9 Å². The lowest BCUT2D eigenvalue weighted by Crippen LogP contribution is -2.13. The lowest BCUT2D eigenvalue weighted by atomic mass is 9.77. The number of hydrogen-bond donors (Lipinski definition) is 0. The van der Waals surface area contributed by atoms with Crippen LogP contribution in [0.4, 0.5) is 4.39 Å². The molecule has 0 amide bonds. The van der Waals surface area contributed by atoms with Gasteiger partial charge in [0.1, 0.15) is 5.82 Å². The Hall–Kier alpha value is -1.63. The molecule has 0 saturated heterocycles. The molecule has 1 aliphatic carbocycles. The Labute approximate surface area is 165 Å². The molecule has 0 heterocycles. The van der Waals surface area contributed by atoms with E-state index in [0.717, 1.165) is 35.4 Å². The molecule has 0 aromatic heterocycles. The third kappa shape index (κ3) is 5.43. The van der Waals surface area contributed by atoms with Crippen LogP contribution in [0.3, 0.4) is 0 Å². The first-order chi connectivity index (χ1) is 13.2. The standard InChI is InChI=1S/C26H35F/c1-3-5-6-8-20-9-12-22(13-10-20)23-14-16-24(17-15-23)25-18-11-21(7-4-2)19-26(25)27/h11,14-20,22H,3-10,12-13H2,1-2H3.